The molecule has 23 aliphatic rings. The molecule has 2 aromatic carbocycles. The number of anilines is 1. The van der Waals surface area contributed by atoms with Gasteiger partial charge in [0.2, 0.25) is 5.69 Å². The van der Waals surface area contributed by atoms with Gasteiger partial charge in [-0.2, -0.15) is 4.58 Å². The van der Waals surface area contributed by atoms with Crippen LogP contribution in [0, 0.1) is 0 Å². The zero-order valence-electron chi connectivity index (χ0n) is 67.1. The number of rotatable bonds is 18. The fraction of sp³-hybridized carbons (Fsp3) is 0.740. The zero-order valence-corrected chi connectivity index (χ0v) is 72.8. The molecule has 0 amide bonds. The number of aliphatic hydroxyl groups excluding tert-OH is 20. The van der Waals surface area contributed by atoms with Crippen LogP contribution in [0.2, 0.25) is 0 Å². The maximum absolute atomic E-state index is 12.4. The SMILES string of the molecule is CCN1C(=CC=CC2=[N+](CCCCc3cn(C[C@H]4O[C@@H]5O[C@H]6[C@H](O)[C@@H](O)[C@@H](O[C@H]7[C@H](O)[C@@H](O)[C@@H](O[C@H]8[C@H](O)[C@@H](O)[C@@H](O[C@H]9[C@H](O)[C@@H](O)[C@@H](O[C@H]%10[C@H](O)[C@@H](O)[C@@H](O[C@H]%11[C@H](O)[C@@H](O)[C@@H](O[C@H]4[C@H](O)[C@H]5O)O[C@@H]%11CO)O[C@@H]%10CO)O[C@@H]9CO)O[C@@H]8CO)O[C@@H]7CO)O[C@@H]6CO)nn3)c3ccc(S(=O)(=O)[O-])cc3C2(C)C)C(C)(C)c2cc(S(=O)(=O)[O-])ccc21.[Na+].[Na+]. The minimum absolute atomic E-state index is 0. The summed E-state index contributed by atoms with van der Waals surface area (Å²) in [5.74, 6) is 0. The summed E-state index contributed by atoms with van der Waals surface area (Å²) in [6.07, 6.45) is -64.5. The Hall–Kier alpha value is -3.01. The largest absolute Gasteiger partial charge is 1.00 e. The van der Waals surface area contributed by atoms with Crippen molar-refractivity contribution in [2.45, 2.75) is 296 Å². The molecule has 0 saturated carbocycles. The van der Waals surface area contributed by atoms with Gasteiger partial charge >= 0.3 is 59.1 Å². The standard InChI is InChI=1S/C73H105N5O40S2.2Na/c1-6-77-33-15-13-29(119(99,100)101)18-31(33)72(2,3)42(77)11-9-12-43-73(4,5)32-19-30(120(102,103)104)14-16-34(32)78(43)17-8-7-10-28-20-76(75-74-28)21-35-58-44(85)51(92)65(105-35)113-59-36(22-79)107-67(53(94)46(59)87)115-61-38(24-81)109-69(55(96)48(61)89)117-63-40(26-83)111-71(57(98)50(63)91)118-64-41(27-84)110-70(56(97)49(64)90)116-62-39(25-82)108-68(54(95)47(62)88)114-60-37(23-80)106-66(112-58)52(93)45(60)86;;/h9,11-16,18-20,35-41,44-71,79-98H,6-8,10,17,21-27H2,1-5H3,(H-,99,100,101,102,103,104);;/q;2*+1/p-1/t35-,36-,37-,38-,39-,40-,41-,44-,45-,46-,47-,48-,49-,50-,51-,52-,53-,54-,55-,56-,57-,58-,59-,60-,61-,62-,63-,64-,65-,66-,67-,68-,69-,70-,71-;;/m1../s1. The second-order valence-corrected chi connectivity index (χ2v) is 34.8. The van der Waals surface area contributed by atoms with Crippen LogP contribution in [0.1, 0.15) is 64.3 Å². The van der Waals surface area contributed by atoms with Gasteiger partial charge in [-0.3, -0.25) is 0 Å². The molecule has 3 aromatic rings. The van der Waals surface area contributed by atoms with Gasteiger partial charge in [-0.05, 0) is 75.6 Å². The molecular weight excluding hydrogens is 1700 g/mol. The molecule has 674 valence electrons. The summed E-state index contributed by atoms with van der Waals surface area (Å²) in [4.78, 5) is 1.17. The number of nitrogens with zero attached hydrogens (tertiary/aromatic N) is 5. The van der Waals surface area contributed by atoms with E-state index in [9.17, 15) is 128 Å². The average Bonchev–Trinajstić information content (AvgIpc) is 1.56. The van der Waals surface area contributed by atoms with Gasteiger partial charge in [0.1, 0.15) is 198 Å². The van der Waals surface area contributed by atoms with Crippen LogP contribution in [-0.2, 0) is 110 Å². The Kier molecular flexibility index (Phi) is 32.9. The van der Waals surface area contributed by atoms with E-state index in [1.807, 2.05) is 62.3 Å². The van der Waals surface area contributed by atoms with Crippen LogP contribution in [0.25, 0.3) is 0 Å². The molecule has 35 atom stereocenters. The van der Waals surface area contributed by atoms with E-state index in [-0.39, 0.29) is 70.4 Å². The smallest absolute Gasteiger partial charge is 0.744 e. The molecule has 14 bridgehead atoms. The van der Waals surface area contributed by atoms with Crippen LogP contribution < -0.4 is 64.0 Å². The quantitative estimate of drug-likeness (QED) is 0.0243. The molecule has 1 aromatic heterocycles. The average molecular weight is 1800 g/mol. The first-order valence-corrected chi connectivity index (χ1v) is 41.8. The second kappa shape index (κ2) is 40.4. The summed E-state index contributed by atoms with van der Waals surface area (Å²) in [5, 5.41) is 237. The van der Waals surface area contributed by atoms with E-state index in [1.165, 1.54) is 35.1 Å². The van der Waals surface area contributed by atoms with Gasteiger partial charge in [-0.1, -0.05) is 25.1 Å². The molecule has 23 aliphatic heterocycles. The molecule has 49 heteroatoms. The third-order valence-corrected chi connectivity index (χ3v) is 25.4. The third-order valence-electron chi connectivity index (χ3n) is 23.7. The van der Waals surface area contributed by atoms with Crippen molar-refractivity contribution >= 4 is 37.3 Å². The van der Waals surface area contributed by atoms with Gasteiger partial charge in [0.15, 0.2) is 49.7 Å². The monoisotopic (exact) mass is 1800 g/mol. The number of fused-ring (bicyclic) bond motifs is 2. The number of allylic oxidation sites excluding steroid dienone is 4. The van der Waals surface area contributed by atoms with E-state index < -0.39 is 297 Å². The second-order valence-electron chi connectivity index (χ2n) is 32.1. The molecule has 0 unspecified atom stereocenters. The van der Waals surface area contributed by atoms with Crippen LogP contribution in [0.3, 0.4) is 0 Å². The first kappa shape index (κ1) is 99.6. The molecule has 122 heavy (non-hydrogen) atoms. The van der Waals surface area contributed by atoms with Crippen LogP contribution in [0.15, 0.2) is 76.3 Å². The molecule has 0 radical (unpaired) electrons. The molecule has 45 nitrogen and oxygen atoms in total. The van der Waals surface area contributed by atoms with Crippen molar-refractivity contribution in [2.75, 3.05) is 57.6 Å². The number of benzene rings is 2. The van der Waals surface area contributed by atoms with Gasteiger partial charge in [-0.25, -0.2) is 21.5 Å². The van der Waals surface area contributed by atoms with Crippen LogP contribution >= 0.6 is 0 Å². The van der Waals surface area contributed by atoms with E-state index >= 15 is 0 Å². The normalized spacial score (nSPS) is 41.6. The summed E-state index contributed by atoms with van der Waals surface area (Å²) in [5.41, 5.74) is 2.58. The van der Waals surface area contributed by atoms with Gasteiger partial charge in [0.05, 0.1) is 67.1 Å². The van der Waals surface area contributed by atoms with E-state index in [0.29, 0.717) is 59.8 Å². The van der Waals surface area contributed by atoms with Gasteiger partial charge in [0, 0.05) is 53.7 Å². The van der Waals surface area contributed by atoms with Crippen molar-refractivity contribution < 1.29 is 258 Å². The topological polar surface area (TPSA) is 685 Å². The number of unbranched alkanes of at least 4 members (excludes halogenated alkanes) is 1. The Balaban J connectivity index is 0.00000726. The van der Waals surface area contributed by atoms with Crippen LogP contribution in [0.5, 0.6) is 0 Å². The van der Waals surface area contributed by atoms with E-state index in [2.05, 4.69) is 10.3 Å². The fourth-order valence-corrected chi connectivity index (χ4v) is 18.1. The molecule has 26 rings (SSSR count). The maximum atomic E-state index is 12.4. The van der Waals surface area contributed by atoms with Crippen molar-refractivity contribution in [3.8, 4) is 0 Å². The molecule has 20 N–H and O–H groups in total. The molecule has 24 heterocycles. The number of ether oxygens (including phenoxy) is 14. The Morgan fingerprint density at radius 1 is 0.434 bits per heavy atom. The number of aromatic nitrogens is 3. The van der Waals surface area contributed by atoms with Crippen LogP contribution in [-0.4, -0.2) is 421 Å². The molecule has 0 aliphatic carbocycles. The molecule has 21 saturated heterocycles. The molecular formula is C73H104N5Na2O40S2+. The summed E-state index contributed by atoms with van der Waals surface area (Å²) >= 11 is 0. The van der Waals surface area contributed by atoms with Crippen LogP contribution in [0.4, 0.5) is 11.4 Å². The predicted octanol–water partition coefficient (Wildman–Crippen LogP) is -16.5. The van der Waals surface area contributed by atoms with Gasteiger partial charge in [-0.15, -0.1) is 5.10 Å². The summed E-state index contributed by atoms with van der Waals surface area (Å²) in [6, 6.07) is 8.33. The number of aliphatic hydroxyl groups is 20. The number of likely N-dealkylation sites (N-methyl/N-ethyl adjacent to an activating group) is 1. The Bertz CT molecular complexity index is 4350. The number of hydrogen-bond donors (Lipinski definition) is 20. The first-order chi connectivity index (χ1) is 56.7. The predicted molar refractivity (Wildman–Crippen MR) is 389 cm³/mol. The maximum Gasteiger partial charge on any atom is 1.00 e. The van der Waals surface area contributed by atoms with Crippen molar-refractivity contribution in [2.24, 2.45) is 0 Å². The molecule has 21 fully saturated rings. The van der Waals surface area contributed by atoms with Crippen molar-refractivity contribution in [1.29, 1.82) is 0 Å². The minimum Gasteiger partial charge on any atom is -0.744 e. The van der Waals surface area contributed by atoms with Crippen molar-refractivity contribution in [3.63, 3.8) is 0 Å². The number of aryl methyl sites for hydroxylation is 1. The van der Waals surface area contributed by atoms with Crippen molar-refractivity contribution in [3.05, 3.63) is 83.3 Å². The van der Waals surface area contributed by atoms with Crippen molar-refractivity contribution in [1.82, 2.24) is 15.0 Å². The Labute approximate surface area is 742 Å². The third kappa shape index (κ3) is 19.7. The molecule has 0 spiro atoms. The Morgan fingerprint density at radius 3 is 1.08 bits per heavy atom. The van der Waals surface area contributed by atoms with E-state index in [4.69, 9.17) is 66.3 Å². The van der Waals surface area contributed by atoms with Gasteiger partial charge < -0.3 is 182 Å². The van der Waals surface area contributed by atoms with Gasteiger partial charge in [0.25, 0.3) is 0 Å². The minimum atomic E-state index is -4.91. The summed E-state index contributed by atoms with van der Waals surface area (Å²) < 4.78 is 159. The van der Waals surface area contributed by atoms with E-state index in [1.54, 1.807) is 12.1 Å². The first-order valence-electron chi connectivity index (χ1n) is 39.0. The fourth-order valence-electron chi connectivity index (χ4n) is 17.2. The summed E-state index contributed by atoms with van der Waals surface area (Å²) in [6.45, 7) is 3.10. The number of hydrogen-bond acceptors (Lipinski definition) is 43. The Morgan fingerprint density at radius 2 is 0.754 bits per heavy atom. The van der Waals surface area contributed by atoms with E-state index in [0.717, 1.165) is 5.70 Å². The zero-order chi connectivity index (χ0) is 87.0. The summed E-state index contributed by atoms with van der Waals surface area (Å²) in [7, 11) is -9.70.